The van der Waals surface area contributed by atoms with Crippen LogP contribution in [0.4, 0.5) is 5.69 Å². The first kappa shape index (κ1) is 11.5. The zero-order chi connectivity index (χ0) is 11.3. The number of para-hydroxylation sites is 2. The second kappa shape index (κ2) is 5.36. The van der Waals surface area contributed by atoms with E-state index >= 15 is 0 Å². The molecule has 1 aromatic carbocycles. The van der Waals surface area contributed by atoms with Crippen LogP contribution in [0.25, 0.3) is 0 Å². The Morgan fingerprint density at radius 1 is 1.53 bits per heavy atom. The molecule has 1 aromatic rings. The minimum absolute atomic E-state index is 0.150. The highest BCUT2D eigenvalue weighted by atomic mass is 16.5. The highest BCUT2D eigenvalue weighted by molar-refractivity contribution is 5.90. The minimum Gasteiger partial charge on any atom is -0.489 e. The van der Waals surface area contributed by atoms with E-state index in [9.17, 15) is 4.79 Å². The predicted octanol–water partition coefficient (Wildman–Crippen LogP) is 1.40. The van der Waals surface area contributed by atoms with E-state index in [0.717, 1.165) is 0 Å². The van der Waals surface area contributed by atoms with Crippen LogP contribution in [0.1, 0.15) is 13.8 Å². The fraction of sp³-hybridized carbons (Fsp3) is 0.364. The van der Waals surface area contributed by atoms with Gasteiger partial charge in [0.1, 0.15) is 12.4 Å². The van der Waals surface area contributed by atoms with Gasteiger partial charge in [0.25, 0.3) is 0 Å². The van der Waals surface area contributed by atoms with Crippen LogP contribution < -0.4 is 10.1 Å². The van der Waals surface area contributed by atoms with Crippen LogP contribution in [0.15, 0.2) is 24.3 Å². The van der Waals surface area contributed by atoms with Crippen LogP contribution >= 0.6 is 0 Å². The summed E-state index contributed by atoms with van der Waals surface area (Å²) >= 11 is 0. The molecule has 1 unspecified atom stereocenters. The normalized spacial score (nSPS) is 11.9. The lowest BCUT2D eigenvalue weighted by molar-refractivity contribution is -0.114. The molecule has 0 aliphatic heterocycles. The lowest BCUT2D eigenvalue weighted by atomic mass is 10.3. The van der Waals surface area contributed by atoms with Gasteiger partial charge in [0.2, 0.25) is 5.91 Å². The summed E-state index contributed by atoms with van der Waals surface area (Å²) in [7, 11) is 0. The topological polar surface area (TPSA) is 58.6 Å². The van der Waals surface area contributed by atoms with Crippen LogP contribution in [-0.4, -0.2) is 23.7 Å². The standard InChI is InChI=1S/C11H15NO3/c1-8(13)7-15-11-6-4-3-5-10(11)12-9(2)14/h3-6,8,13H,7H2,1-2H3,(H,12,14). The molecule has 82 valence electrons. The lowest BCUT2D eigenvalue weighted by Crippen LogP contribution is -2.14. The molecule has 0 aliphatic rings. The van der Waals surface area contributed by atoms with Crippen molar-refractivity contribution < 1.29 is 14.6 Å². The number of carbonyl (C=O) groups is 1. The first-order valence-electron chi connectivity index (χ1n) is 4.77. The van der Waals surface area contributed by atoms with Crippen molar-refractivity contribution in [3.05, 3.63) is 24.3 Å². The molecule has 4 nitrogen and oxygen atoms in total. The number of nitrogens with one attached hydrogen (secondary N) is 1. The number of aliphatic hydroxyl groups excluding tert-OH is 1. The molecule has 0 saturated heterocycles. The maximum Gasteiger partial charge on any atom is 0.221 e. The molecule has 0 fully saturated rings. The number of rotatable bonds is 4. The van der Waals surface area contributed by atoms with E-state index in [1.54, 1.807) is 25.1 Å². The Morgan fingerprint density at radius 2 is 2.20 bits per heavy atom. The number of hydrogen-bond donors (Lipinski definition) is 2. The van der Waals surface area contributed by atoms with Gasteiger partial charge in [-0.2, -0.15) is 0 Å². The molecule has 0 radical (unpaired) electrons. The van der Waals surface area contributed by atoms with Gasteiger partial charge < -0.3 is 15.2 Å². The van der Waals surface area contributed by atoms with Crippen LogP contribution in [0, 0.1) is 0 Å². The van der Waals surface area contributed by atoms with Gasteiger partial charge in [-0.1, -0.05) is 12.1 Å². The molecule has 2 N–H and O–H groups in total. The van der Waals surface area contributed by atoms with Crippen molar-refractivity contribution in [2.24, 2.45) is 0 Å². The predicted molar refractivity (Wildman–Crippen MR) is 57.9 cm³/mol. The summed E-state index contributed by atoms with van der Waals surface area (Å²) in [4.78, 5) is 10.9. The number of anilines is 1. The average Bonchev–Trinajstić information content (AvgIpc) is 2.15. The van der Waals surface area contributed by atoms with Gasteiger partial charge >= 0.3 is 0 Å². The summed E-state index contributed by atoms with van der Waals surface area (Å²) in [5.41, 5.74) is 0.616. The van der Waals surface area contributed by atoms with E-state index in [1.807, 2.05) is 6.07 Å². The molecule has 1 amide bonds. The maximum absolute atomic E-state index is 10.9. The van der Waals surface area contributed by atoms with E-state index in [1.165, 1.54) is 6.92 Å². The molecular weight excluding hydrogens is 194 g/mol. The molecule has 0 aliphatic carbocycles. The third-order valence-corrected chi connectivity index (χ3v) is 1.68. The van der Waals surface area contributed by atoms with Crippen LogP contribution in [0.5, 0.6) is 5.75 Å². The van der Waals surface area contributed by atoms with Crippen molar-refractivity contribution in [2.45, 2.75) is 20.0 Å². The highest BCUT2D eigenvalue weighted by Gasteiger charge is 2.05. The van der Waals surface area contributed by atoms with E-state index in [4.69, 9.17) is 9.84 Å². The average molecular weight is 209 g/mol. The highest BCUT2D eigenvalue weighted by Crippen LogP contribution is 2.23. The molecular formula is C11H15NO3. The van der Waals surface area contributed by atoms with Gasteiger partial charge in [-0.25, -0.2) is 0 Å². The number of ether oxygens (including phenoxy) is 1. The lowest BCUT2D eigenvalue weighted by Gasteiger charge is -2.12. The van der Waals surface area contributed by atoms with Gasteiger partial charge in [-0.05, 0) is 19.1 Å². The van der Waals surface area contributed by atoms with Gasteiger partial charge in [0.05, 0.1) is 11.8 Å². The second-order valence-electron chi connectivity index (χ2n) is 3.34. The van der Waals surface area contributed by atoms with Crippen molar-refractivity contribution in [1.29, 1.82) is 0 Å². The zero-order valence-corrected chi connectivity index (χ0v) is 8.86. The summed E-state index contributed by atoms with van der Waals surface area (Å²) in [5.74, 6) is 0.414. The summed E-state index contributed by atoms with van der Waals surface area (Å²) in [5, 5.41) is 11.7. The third kappa shape index (κ3) is 3.99. The summed E-state index contributed by atoms with van der Waals surface area (Å²) in [6, 6.07) is 7.11. The van der Waals surface area contributed by atoms with Crippen LogP contribution in [0.3, 0.4) is 0 Å². The van der Waals surface area contributed by atoms with Crippen molar-refractivity contribution in [2.75, 3.05) is 11.9 Å². The van der Waals surface area contributed by atoms with E-state index in [0.29, 0.717) is 11.4 Å². The summed E-state index contributed by atoms with van der Waals surface area (Å²) in [6.07, 6.45) is -0.532. The van der Waals surface area contributed by atoms with Crippen LogP contribution in [0.2, 0.25) is 0 Å². The smallest absolute Gasteiger partial charge is 0.221 e. The van der Waals surface area contributed by atoms with Crippen LogP contribution in [-0.2, 0) is 4.79 Å². The Morgan fingerprint density at radius 3 is 2.80 bits per heavy atom. The molecule has 0 bridgehead atoms. The van der Waals surface area contributed by atoms with Gasteiger partial charge in [-0.3, -0.25) is 4.79 Å². The molecule has 1 atom stereocenters. The van der Waals surface area contributed by atoms with Gasteiger partial charge in [-0.15, -0.1) is 0 Å². The van der Waals surface area contributed by atoms with Crippen molar-refractivity contribution in [3.63, 3.8) is 0 Å². The van der Waals surface area contributed by atoms with Gasteiger partial charge in [0, 0.05) is 6.92 Å². The maximum atomic E-state index is 10.9. The Kier molecular flexibility index (Phi) is 4.12. The summed E-state index contributed by atoms with van der Waals surface area (Å²) in [6.45, 7) is 3.28. The first-order chi connectivity index (χ1) is 7.09. The van der Waals surface area contributed by atoms with Gasteiger partial charge in [0.15, 0.2) is 0 Å². The van der Waals surface area contributed by atoms with E-state index < -0.39 is 6.10 Å². The number of amides is 1. The fourth-order valence-corrected chi connectivity index (χ4v) is 1.10. The zero-order valence-electron chi connectivity index (χ0n) is 8.86. The second-order valence-corrected chi connectivity index (χ2v) is 3.34. The molecule has 0 aromatic heterocycles. The quantitative estimate of drug-likeness (QED) is 0.788. The Bertz CT molecular complexity index is 336. The molecule has 0 saturated carbocycles. The van der Waals surface area contributed by atoms with E-state index in [-0.39, 0.29) is 12.5 Å². The molecule has 15 heavy (non-hydrogen) atoms. The third-order valence-electron chi connectivity index (χ3n) is 1.68. The monoisotopic (exact) mass is 209 g/mol. The Hall–Kier alpha value is -1.55. The van der Waals surface area contributed by atoms with Crippen molar-refractivity contribution in [1.82, 2.24) is 0 Å². The SMILES string of the molecule is CC(=O)Nc1ccccc1OCC(C)O. The fourth-order valence-electron chi connectivity index (χ4n) is 1.10. The molecule has 0 heterocycles. The molecule has 0 spiro atoms. The number of benzene rings is 1. The number of aliphatic hydroxyl groups is 1. The number of hydrogen-bond acceptors (Lipinski definition) is 3. The van der Waals surface area contributed by atoms with Crippen molar-refractivity contribution >= 4 is 11.6 Å². The summed E-state index contributed by atoms with van der Waals surface area (Å²) < 4.78 is 5.33. The minimum atomic E-state index is -0.532. The largest absolute Gasteiger partial charge is 0.489 e. The molecule has 4 heteroatoms. The number of carbonyl (C=O) groups excluding carboxylic acids is 1. The van der Waals surface area contributed by atoms with Crippen molar-refractivity contribution in [3.8, 4) is 5.75 Å². The molecule has 1 rings (SSSR count). The first-order valence-corrected chi connectivity index (χ1v) is 4.77. The Labute approximate surface area is 88.9 Å². The Balaban J connectivity index is 2.72. The van der Waals surface area contributed by atoms with E-state index in [2.05, 4.69) is 5.32 Å².